The lowest BCUT2D eigenvalue weighted by Gasteiger charge is -2.37. The normalized spacial score (nSPS) is 15.4. The Morgan fingerprint density at radius 3 is 2.35 bits per heavy atom. The first kappa shape index (κ1) is 23.0. The number of fused-ring (bicyclic) bond motifs is 1. The first-order chi connectivity index (χ1) is 15.2. The maximum atomic E-state index is 8.80. The number of anilines is 1. The molecule has 0 amide bonds. The second-order valence-corrected chi connectivity index (χ2v) is 7.35. The van der Waals surface area contributed by atoms with Gasteiger partial charge in [-0.25, -0.2) is 0 Å². The molecule has 0 spiro atoms. The molecule has 2 aliphatic heterocycles. The first-order valence-electron chi connectivity index (χ1n) is 10.9. The topological polar surface area (TPSA) is 65.4 Å². The number of para-hydroxylation sites is 1. The molecule has 2 aliphatic rings. The van der Waals surface area contributed by atoms with Crippen LogP contribution in [0.15, 0.2) is 42.5 Å². The van der Waals surface area contributed by atoms with E-state index < -0.39 is 0 Å². The Kier molecular flexibility index (Phi) is 9.04. The van der Waals surface area contributed by atoms with E-state index in [1.807, 2.05) is 12.1 Å². The molecule has 0 bridgehead atoms. The van der Waals surface area contributed by atoms with Gasteiger partial charge in [0.25, 0.3) is 0 Å². The van der Waals surface area contributed by atoms with E-state index in [0.717, 1.165) is 55.5 Å². The van der Waals surface area contributed by atoms with Gasteiger partial charge < -0.3 is 24.6 Å². The Morgan fingerprint density at radius 2 is 1.65 bits per heavy atom. The molecule has 1 fully saturated rings. The van der Waals surface area contributed by atoms with E-state index in [9.17, 15) is 0 Å². The van der Waals surface area contributed by atoms with Crippen molar-refractivity contribution >= 4 is 5.69 Å². The van der Waals surface area contributed by atoms with Gasteiger partial charge in [0.1, 0.15) is 13.2 Å². The molecule has 0 radical (unpaired) electrons. The molecule has 0 atom stereocenters. The summed E-state index contributed by atoms with van der Waals surface area (Å²) in [5.74, 6) is 7.78. The van der Waals surface area contributed by atoms with Gasteiger partial charge >= 0.3 is 0 Å². The Bertz CT molecular complexity index is 865. The third-order valence-electron chi connectivity index (χ3n) is 5.09. The second-order valence-electron chi connectivity index (χ2n) is 7.35. The van der Waals surface area contributed by atoms with Crippen molar-refractivity contribution in [2.45, 2.75) is 19.9 Å². The van der Waals surface area contributed by atoms with E-state index in [1.54, 1.807) is 6.92 Å². The van der Waals surface area contributed by atoms with Gasteiger partial charge in [-0.05, 0) is 36.8 Å². The smallest absolute Gasteiger partial charge is 0.184 e. The second kappa shape index (κ2) is 12.2. The average molecular weight is 425 g/mol. The summed E-state index contributed by atoms with van der Waals surface area (Å²) in [6.07, 6.45) is 0.522. The number of aliphatic hydroxyl groups is 2. The van der Waals surface area contributed by atoms with Gasteiger partial charge in [-0.1, -0.05) is 30.0 Å². The lowest BCUT2D eigenvalue weighted by Crippen LogP contribution is -2.46. The SMILES string of the molecule is CCO.OCCC#Cc1ccc(CN2CCN(c3cccc4c3OCCO4)CC2)cc1. The lowest BCUT2D eigenvalue weighted by atomic mass is 10.1. The molecule has 0 aromatic heterocycles. The number of rotatable bonds is 4. The third kappa shape index (κ3) is 6.63. The molecule has 4 rings (SSSR count). The number of nitrogens with zero attached hydrogens (tertiary/aromatic N) is 2. The molecular formula is C25H32N2O4. The molecule has 166 valence electrons. The van der Waals surface area contributed by atoms with Crippen LogP contribution in [0.2, 0.25) is 0 Å². The highest BCUT2D eigenvalue weighted by atomic mass is 16.6. The minimum Gasteiger partial charge on any atom is -0.486 e. The predicted molar refractivity (Wildman–Crippen MR) is 123 cm³/mol. The van der Waals surface area contributed by atoms with Crippen molar-refractivity contribution in [1.29, 1.82) is 0 Å². The molecule has 6 nitrogen and oxygen atoms in total. The number of hydrogen-bond donors (Lipinski definition) is 2. The third-order valence-corrected chi connectivity index (χ3v) is 5.09. The zero-order valence-corrected chi connectivity index (χ0v) is 18.2. The number of aliphatic hydroxyl groups excluding tert-OH is 2. The highest BCUT2D eigenvalue weighted by molar-refractivity contribution is 5.65. The number of ether oxygens (including phenoxy) is 2. The van der Waals surface area contributed by atoms with Gasteiger partial charge in [0.05, 0.1) is 12.3 Å². The summed E-state index contributed by atoms with van der Waals surface area (Å²) < 4.78 is 11.6. The van der Waals surface area contributed by atoms with E-state index >= 15 is 0 Å². The van der Waals surface area contributed by atoms with E-state index in [1.165, 1.54) is 5.56 Å². The summed E-state index contributed by atoms with van der Waals surface area (Å²) in [4.78, 5) is 4.87. The van der Waals surface area contributed by atoms with Crippen LogP contribution in [0, 0.1) is 11.8 Å². The van der Waals surface area contributed by atoms with Crippen molar-refractivity contribution in [1.82, 2.24) is 4.90 Å². The predicted octanol–water partition coefficient (Wildman–Crippen LogP) is 2.51. The van der Waals surface area contributed by atoms with E-state index in [-0.39, 0.29) is 13.2 Å². The van der Waals surface area contributed by atoms with Crippen LogP contribution >= 0.6 is 0 Å². The molecule has 2 aromatic carbocycles. The zero-order chi connectivity index (χ0) is 21.9. The van der Waals surface area contributed by atoms with Gasteiger partial charge in [0.2, 0.25) is 0 Å². The largest absolute Gasteiger partial charge is 0.486 e. The van der Waals surface area contributed by atoms with Crippen LogP contribution in [0.1, 0.15) is 24.5 Å². The molecular weight excluding hydrogens is 392 g/mol. The molecule has 0 aliphatic carbocycles. The molecule has 1 saturated heterocycles. The molecule has 0 saturated carbocycles. The fourth-order valence-corrected chi connectivity index (χ4v) is 3.63. The fourth-order valence-electron chi connectivity index (χ4n) is 3.63. The minimum absolute atomic E-state index is 0.113. The minimum atomic E-state index is 0.113. The van der Waals surface area contributed by atoms with Crippen LogP contribution < -0.4 is 14.4 Å². The summed E-state index contributed by atoms with van der Waals surface area (Å²) in [6.45, 7) is 8.22. The first-order valence-corrected chi connectivity index (χ1v) is 10.9. The van der Waals surface area contributed by atoms with E-state index in [0.29, 0.717) is 19.6 Å². The summed E-state index contributed by atoms with van der Waals surface area (Å²) in [5.41, 5.74) is 3.44. The van der Waals surface area contributed by atoms with Gasteiger partial charge in [0, 0.05) is 51.3 Å². The quantitative estimate of drug-likeness (QED) is 0.736. The maximum absolute atomic E-state index is 8.80. The average Bonchev–Trinajstić information content (AvgIpc) is 2.81. The van der Waals surface area contributed by atoms with Gasteiger partial charge in [0.15, 0.2) is 11.5 Å². The lowest BCUT2D eigenvalue weighted by molar-refractivity contribution is 0.171. The van der Waals surface area contributed by atoms with Crippen molar-refractivity contribution < 1.29 is 19.7 Å². The monoisotopic (exact) mass is 424 g/mol. The zero-order valence-electron chi connectivity index (χ0n) is 18.2. The molecule has 0 unspecified atom stereocenters. The van der Waals surface area contributed by atoms with Crippen LogP contribution in [0.25, 0.3) is 0 Å². The molecule has 2 aromatic rings. The summed E-state index contributed by atoms with van der Waals surface area (Å²) in [5, 5.41) is 16.4. The molecule has 6 heteroatoms. The van der Waals surface area contributed by atoms with Crippen LogP contribution in [0.3, 0.4) is 0 Å². The van der Waals surface area contributed by atoms with Gasteiger partial charge in [-0.2, -0.15) is 0 Å². The molecule has 31 heavy (non-hydrogen) atoms. The Balaban J connectivity index is 0.000000858. The highest BCUT2D eigenvalue weighted by Gasteiger charge is 2.23. The Morgan fingerprint density at radius 1 is 0.935 bits per heavy atom. The highest BCUT2D eigenvalue weighted by Crippen LogP contribution is 2.39. The maximum Gasteiger partial charge on any atom is 0.184 e. The van der Waals surface area contributed by atoms with Gasteiger partial charge in [-0.15, -0.1) is 0 Å². The van der Waals surface area contributed by atoms with Crippen molar-refractivity contribution in [3.05, 3.63) is 53.6 Å². The van der Waals surface area contributed by atoms with Crippen molar-refractivity contribution in [2.75, 3.05) is 57.5 Å². The summed E-state index contributed by atoms with van der Waals surface area (Å²) >= 11 is 0. The van der Waals surface area contributed by atoms with Crippen molar-refractivity contribution in [2.24, 2.45) is 0 Å². The van der Waals surface area contributed by atoms with E-state index in [4.69, 9.17) is 19.7 Å². The standard InChI is InChI=1S/C23H26N2O3.C2H6O/c26-15-2-1-4-19-7-9-20(10-8-19)18-24-11-13-25(14-12-24)21-5-3-6-22-23(21)28-17-16-27-22;1-2-3/h3,5-10,26H,2,11-18H2;3H,2H2,1H3. The van der Waals surface area contributed by atoms with Crippen molar-refractivity contribution in [3.8, 4) is 23.3 Å². The Hall–Kier alpha value is -2.72. The van der Waals surface area contributed by atoms with E-state index in [2.05, 4.69) is 52.0 Å². The Labute approximate surface area is 185 Å². The number of piperazine rings is 1. The van der Waals surface area contributed by atoms with Crippen molar-refractivity contribution in [3.63, 3.8) is 0 Å². The number of hydrogen-bond acceptors (Lipinski definition) is 6. The van der Waals surface area contributed by atoms with Crippen LogP contribution in [0.4, 0.5) is 5.69 Å². The van der Waals surface area contributed by atoms with Gasteiger partial charge in [-0.3, -0.25) is 4.90 Å². The molecule has 2 N–H and O–H groups in total. The summed E-state index contributed by atoms with van der Waals surface area (Å²) in [6, 6.07) is 14.6. The van der Waals surface area contributed by atoms with Crippen LogP contribution in [-0.4, -0.2) is 67.7 Å². The number of benzene rings is 2. The fraction of sp³-hybridized carbons (Fsp3) is 0.440. The van der Waals surface area contributed by atoms with Crippen LogP contribution in [-0.2, 0) is 6.54 Å². The molecule has 2 heterocycles. The van der Waals surface area contributed by atoms with Crippen LogP contribution in [0.5, 0.6) is 11.5 Å². The summed E-state index contributed by atoms with van der Waals surface area (Å²) in [7, 11) is 0.